The van der Waals surface area contributed by atoms with Gasteiger partial charge in [0.05, 0.1) is 40.3 Å². The number of allylic oxidation sites excluding steroid dienone is 32. The van der Waals surface area contributed by atoms with Crippen molar-refractivity contribution in [3.8, 4) is 0 Å². The number of nitrogens with zero attached hydrogens (tertiary/aromatic N) is 1. The van der Waals surface area contributed by atoms with Crippen LogP contribution in [0, 0.1) is 0 Å². The molecule has 0 aliphatic heterocycles. The number of likely N-dealkylation sites (N-methyl/N-ethyl adjacent to an activating group) is 1. The zero-order chi connectivity index (χ0) is 59.1. The second kappa shape index (κ2) is 60.2. The molecule has 0 spiro atoms. The van der Waals surface area contributed by atoms with Crippen molar-refractivity contribution in [2.75, 3.05) is 47.5 Å². The summed E-state index contributed by atoms with van der Waals surface area (Å²) in [4.78, 5) is 37.4. The molecule has 9 nitrogen and oxygen atoms in total. The van der Waals surface area contributed by atoms with E-state index in [9.17, 15) is 19.5 Å². The summed E-state index contributed by atoms with van der Waals surface area (Å²) in [5, 5.41) is 11.8. The molecule has 0 heterocycles. The van der Waals surface area contributed by atoms with E-state index in [2.05, 4.69) is 208 Å². The van der Waals surface area contributed by atoms with Crippen molar-refractivity contribution in [1.29, 1.82) is 0 Å². The van der Waals surface area contributed by atoms with E-state index in [4.69, 9.17) is 18.9 Å². The van der Waals surface area contributed by atoms with Gasteiger partial charge in [0.25, 0.3) is 0 Å². The summed E-state index contributed by atoms with van der Waals surface area (Å²) in [6.45, 7) is 4.39. The summed E-state index contributed by atoms with van der Waals surface area (Å²) in [5.41, 5.74) is 0. The maximum Gasteiger partial charge on any atom is 0.306 e. The van der Waals surface area contributed by atoms with E-state index in [1.54, 1.807) is 0 Å². The molecule has 0 aromatic heterocycles. The molecule has 0 aromatic rings. The topological polar surface area (TPSA) is 111 Å². The molecule has 0 N–H and O–H groups in total. The Labute approximate surface area is 493 Å². The number of ether oxygens (including phenoxy) is 4. The van der Waals surface area contributed by atoms with E-state index in [0.717, 1.165) is 141 Å². The molecular formula is C72H109NO8. The first-order valence-corrected chi connectivity index (χ1v) is 30.6. The highest BCUT2D eigenvalue weighted by molar-refractivity contribution is 5.70. The number of carbonyl (C=O) groups is 3. The van der Waals surface area contributed by atoms with Crippen LogP contribution < -0.4 is 5.11 Å². The number of carboxylic acids is 1. The third kappa shape index (κ3) is 61.6. The number of rotatable bonds is 53. The van der Waals surface area contributed by atoms with Crippen molar-refractivity contribution in [3.63, 3.8) is 0 Å². The fourth-order valence-electron chi connectivity index (χ4n) is 7.21. The number of unbranched alkanes of at least 4 members (excludes halogenated alkanes) is 6. The maximum atomic E-state index is 12.9. The Morgan fingerprint density at radius 1 is 0.370 bits per heavy atom. The van der Waals surface area contributed by atoms with E-state index in [-0.39, 0.29) is 32.7 Å². The first kappa shape index (κ1) is 75.1. The van der Waals surface area contributed by atoms with E-state index in [1.807, 2.05) is 21.1 Å². The number of hydrogen-bond donors (Lipinski definition) is 0. The second-order valence-electron chi connectivity index (χ2n) is 20.5. The van der Waals surface area contributed by atoms with Crippen molar-refractivity contribution in [3.05, 3.63) is 194 Å². The van der Waals surface area contributed by atoms with Gasteiger partial charge in [0.2, 0.25) is 0 Å². The number of quaternary nitrogens is 1. The van der Waals surface area contributed by atoms with Crippen LogP contribution in [0.4, 0.5) is 0 Å². The molecule has 2 unspecified atom stereocenters. The molecule has 0 bridgehead atoms. The minimum Gasteiger partial charge on any atom is -0.545 e. The Hall–Kier alpha value is -5.87. The summed E-state index contributed by atoms with van der Waals surface area (Å²) in [6.07, 6.45) is 90.5. The summed E-state index contributed by atoms with van der Waals surface area (Å²) < 4.78 is 22.6. The van der Waals surface area contributed by atoms with E-state index < -0.39 is 30.3 Å². The van der Waals surface area contributed by atoms with Gasteiger partial charge in [-0.15, -0.1) is 0 Å². The molecule has 9 heteroatoms. The molecule has 0 fully saturated rings. The van der Waals surface area contributed by atoms with E-state index in [0.29, 0.717) is 23.9 Å². The highest BCUT2D eigenvalue weighted by atomic mass is 16.7. The molecule has 0 aromatic carbocycles. The summed E-state index contributed by atoms with van der Waals surface area (Å²) >= 11 is 0. The molecule has 0 aliphatic rings. The summed E-state index contributed by atoms with van der Waals surface area (Å²) in [6, 6.07) is 0. The van der Waals surface area contributed by atoms with Crippen LogP contribution in [0.25, 0.3) is 0 Å². The Kier molecular flexibility index (Phi) is 55.9. The van der Waals surface area contributed by atoms with Gasteiger partial charge in [0, 0.05) is 12.8 Å². The molecule has 0 rings (SSSR count). The lowest BCUT2D eigenvalue weighted by atomic mass is 10.1. The largest absolute Gasteiger partial charge is 0.545 e. The molecule has 0 amide bonds. The van der Waals surface area contributed by atoms with Gasteiger partial charge < -0.3 is 33.3 Å². The smallest absolute Gasteiger partial charge is 0.306 e. The van der Waals surface area contributed by atoms with Gasteiger partial charge in [-0.3, -0.25) is 9.59 Å². The van der Waals surface area contributed by atoms with Gasteiger partial charge in [0.1, 0.15) is 13.2 Å². The average Bonchev–Trinajstić information content (AvgIpc) is 3.44. The molecule has 81 heavy (non-hydrogen) atoms. The molecule has 450 valence electrons. The van der Waals surface area contributed by atoms with Gasteiger partial charge in [-0.1, -0.05) is 221 Å². The lowest BCUT2D eigenvalue weighted by molar-refractivity contribution is -0.870. The van der Waals surface area contributed by atoms with Gasteiger partial charge in [-0.2, -0.15) is 0 Å². The van der Waals surface area contributed by atoms with Crippen molar-refractivity contribution in [2.24, 2.45) is 0 Å². The van der Waals surface area contributed by atoms with Gasteiger partial charge >= 0.3 is 11.9 Å². The minimum absolute atomic E-state index is 0.122. The highest BCUT2D eigenvalue weighted by Crippen LogP contribution is 2.11. The minimum atomic E-state index is -1.65. The zero-order valence-corrected chi connectivity index (χ0v) is 51.1. The predicted octanol–water partition coefficient (Wildman–Crippen LogP) is 17.3. The fraction of sp³-hybridized carbons (Fsp3) is 0.514. The second-order valence-corrected chi connectivity index (χ2v) is 20.5. The Morgan fingerprint density at radius 3 is 1.00 bits per heavy atom. The fourth-order valence-corrected chi connectivity index (χ4v) is 7.21. The number of carbonyl (C=O) groups excluding carboxylic acids is 3. The molecule has 0 saturated heterocycles. The third-order valence-electron chi connectivity index (χ3n) is 11.8. The van der Waals surface area contributed by atoms with Gasteiger partial charge in [-0.25, -0.2) is 0 Å². The number of esters is 2. The third-order valence-corrected chi connectivity index (χ3v) is 11.8. The van der Waals surface area contributed by atoms with Crippen molar-refractivity contribution in [2.45, 2.75) is 193 Å². The number of carboxylic acid groups (broad SMARTS) is 1. The maximum absolute atomic E-state index is 12.9. The van der Waals surface area contributed by atoms with Crippen LogP contribution in [0.5, 0.6) is 0 Å². The molecule has 0 aliphatic carbocycles. The van der Waals surface area contributed by atoms with Crippen LogP contribution >= 0.6 is 0 Å². The average molecular weight is 1120 g/mol. The number of hydrogen-bond acceptors (Lipinski definition) is 8. The highest BCUT2D eigenvalue weighted by Gasteiger charge is 2.22. The number of aliphatic carboxylic acids is 1. The summed E-state index contributed by atoms with van der Waals surface area (Å²) in [5.74, 6) is -2.41. The van der Waals surface area contributed by atoms with Crippen LogP contribution in [0.15, 0.2) is 194 Å². The summed E-state index contributed by atoms with van der Waals surface area (Å²) in [7, 11) is 5.88. The quantitative estimate of drug-likeness (QED) is 0.0195. The van der Waals surface area contributed by atoms with Gasteiger partial charge in [-0.05, 0) is 141 Å². The van der Waals surface area contributed by atoms with Crippen molar-refractivity contribution in [1.82, 2.24) is 0 Å². The van der Waals surface area contributed by atoms with Crippen LogP contribution in [-0.2, 0) is 33.3 Å². The first-order chi connectivity index (χ1) is 39.6. The van der Waals surface area contributed by atoms with Crippen LogP contribution in [0.2, 0.25) is 0 Å². The SMILES string of the molecule is CC/C=C\C/C=C\C/C=C\C/C=C\C/C=C\C/C=C\C/C=C\C/C=C\CCCCCCC(=O)OC(COC(=O)CCCC/C=C\C/C=C\C/C=C\C/C=C\C/C=C\C/C=C\C/C=C\C/C=C\CC)COC(OCC[N+](C)(C)C)C(=O)[O-]. The lowest BCUT2D eigenvalue weighted by Crippen LogP contribution is -2.44. The van der Waals surface area contributed by atoms with Crippen LogP contribution in [0.1, 0.15) is 181 Å². The predicted molar refractivity (Wildman–Crippen MR) is 342 cm³/mol. The van der Waals surface area contributed by atoms with E-state index in [1.165, 1.54) is 0 Å². The molecule has 0 saturated carbocycles. The van der Waals surface area contributed by atoms with Gasteiger partial charge in [0.15, 0.2) is 12.4 Å². The molecular weight excluding hydrogens is 1010 g/mol. The van der Waals surface area contributed by atoms with Crippen molar-refractivity contribution >= 4 is 17.9 Å². The van der Waals surface area contributed by atoms with Crippen LogP contribution in [-0.4, -0.2) is 82.3 Å². The monoisotopic (exact) mass is 1120 g/mol. The lowest BCUT2D eigenvalue weighted by Gasteiger charge is -2.26. The zero-order valence-electron chi connectivity index (χ0n) is 51.1. The molecule has 2 atom stereocenters. The van der Waals surface area contributed by atoms with Crippen molar-refractivity contribution < 1.29 is 42.9 Å². The first-order valence-electron chi connectivity index (χ1n) is 30.6. The normalized spacial score (nSPS) is 14.1. The Morgan fingerprint density at radius 2 is 0.667 bits per heavy atom. The standard InChI is InChI=1S/C72H109NO8/c1-6-8-10-12-14-16-18-20-22-24-26-28-30-32-34-35-37-39-41-43-45-47-49-51-53-55-57-59-61-63-70(75)81-68(67-80-72(71(76)77)78-65-64-73(3,4)5)66-79-69(74)62-60-58-56-54-52-50-48-46-44-42-40-38-36-33-31-29-27-25-23-21-19-17-15-13-11-9-7-2/h8-11,14-17,20-23,26-29,32-34,36-37,39-40,42-43,45-46,48-49,51-52,54,68,72H,6-7,12-13,18-19,24-25,30-31,35,38,41,44,47,50,53,55-67H2,1-5H3/b10-8-,11-9-,16-14-,17-15-,22-20-,23-21-,28-26-,29-27-,34-32-,36-33-,39-37-,42-40-,45-43-,48-46-,51-49-,54-52-. The molecule has 0 radical (unpaired) electrons. The van der Waals surface area contributed by atoms with Crippen LogP contribution in [0.3, 0.4) is 0 Å². The Balaban J connectivity index is 4.44. The van der Waals surface area contributed by atoms with E-state index >= 15 is 0 Å². The Bertz CT molecular complexity index is 2020.